The van der Waals surface area contributed by atoms with Crippen LogP contribution in [0, 0.1) is 5.41 Å². The molecule has 3 aromatic rings. The molecule has 0 bridgehead atoms. The van der Waals surface area contributed by atoms with Crippen LogP contribution in [-0.2, 0) is 11.3 Å². The Morgan fingerprint density at radius 3 is 2.36 bits per heavy atom. The third-order valence-corrected chi connectivity index (χ3v) is 9.19. The fourth-order valence-corrected chi connectivity index (χ4v) is 6.87. The van der Waals surface area contributed by atoms with Gasteiger partial charge in [-0.15, -0.1) is 0 Å². The minimum absolute atomic E-state index is 0.0812. The Hall–Kier alpha value is -3.45. The van der Waals surface area contributed by atoms with Crippen LogP contribution in [0.3, 0.4) is 0 Å². The average Bonchev–Trinajstić information content (AvgIpc) is 3.59. The van der Waals surface area contributed by atoms with E-state index in [-0.39, 0.29) is 17.9 Å². The second-order valence-corrected chi connectivity index (χ2v) is 11.6. The number of carbonyl (C=O) groups excluding carboxylic acids is 2. The molecule has 7 heteroatoms. The third-order valence-electron chi connectivity index (χ3n) is 9.19. The van der Waals surface area contributed by atoms with Crippen LogP contribution in [0.1, 0.15) is 90.8 Å². The van der Waals surface area contributed by atoms with Crippen LogP contribution < -0.4 is 0 Å². The van der Waals surface area contributed by atoms with Gasteiger partial charge in [0, 0.05) is 31.6 Å². The first-order valence-electron chi connectivity index (χ1n) is 14.4. The van der Waals surface area contributed by atoms with Crippen molar-refractivity contribution < 1.29 is 19.2 Å². The van der Waals surface area contributed by atoms with Crippen molar-refractivity contribution in [3.63, 3.8) is 0 Å². The lowest BCUT2D eigenvalue weighted by molar-refractivity contribution is -0.140. The SMILES string of the molecule is O=C(c1cc(C2CCCCC2)no1)N1CCC2(CC1)C[C@@H]([C@H](O)c1ccccc1)N(Cc1ccccc1)C2=O. The molecule has 1 spiro atoms. The van der Waals surface area contributed by atoms with E-state index < -0.39 is 11.5 Å². The van der Waals surface area contributed by atoms with E-state index in [9.17, 15) is 14.7 Å². The lowest BCUT2D eigenvalue weighted by Gasteiger charge is -2.37. The Balaban J connectivity index is 1.17. The van der Waals surface area contributed by atoms with E-state index in [1.807, 2.05) is 71.6 Å². The predicted octanol–water partition coefficient (Wildman–Crippen LogP) is 5.48. The summed E-state index contributed by atoms with van der Waals surface area (Å²) in [6.07, 6.45) is 6.81. The molecule has 2 atom stereocenters. The van der Waals surface area contributed by atoms with E-state index in [4.69, 9.17) is 4.52 Å². The first kappa shape index (κ1) is 25.8. The number of aliphatic hydroxyl groups is 1. The Bertz CT molecular complexity index is 1280. The molecule has 6 rings (SSSR count). The number of nitrogens with zero attached hydrogens (tertiary/aromatic N) is 3. The summed E-state index contributed by atoms with van der Waals surface area (Å²) < 4.78 is 5.50. The van der Waals surface area contributed by atoms with Gasteiger partial charge in [-0.3, -0.25) is 9.59 Å². The second-order valence-electron chi connectivity index (χ2n) is 11.6. The minimum Gasteiger partial charge on any atom is -0.386 e. The average molecular weight is 528 g/mol. The number of rotatable bonds is 6. The molecule has 3 aliphatic rings. The van der Waals surface area contributed by atoms with Crippen molar-refractivity contribution in [2.24, 2.45) is 5.41 Å². The van der Waals surface area contributed by atoms with Gasteiger partial charge in [-0.05, 0) is 43.2 Å². The van der Waals surface area contributed by atoms with Crippen molar-refractivity contribution in [2.75, 3.05) is 13.1 Å². The van der Waals surface area contributed by atoms with Gasteiger partial charge in [0.1, 0.15) is 0 Å². The molecule has 7 nitrogen and oxygen atoms in total. The molecular formula is C32H37N3O4. The zero-order valence-corrected chi connectivity index (χ0v) is 22.4. The lowest BCUT2D eigenvalue weighted by atomic mass is 9.75. The summed E-state index contributed by atoms with van der Waals surface area (Å²) in [6.45, 7) is 1.43. The molecular weight excluding hydrogens is 490 g/mol. The first-order valence-corrected chi connectivity index (χ1v) is 14.4. The molecule has 0 radical (unpaired) electrons. The van der Waals surface area contributed by atoms with Crippen molar-refractivity contribution in [1.29, 1.82) is 0 Å². The van der Waals surface area contributed by atoms with Gasteiger partial charge in [0.2, 0.25) is 11.7 Å². The van der Waals surface area contributed by atoms with Crippen molar-refractivity contribution in [2.45, 2.75) is 76.0 Å². The molecule has 1 saturated carbocycles. The van der Waals surface area contributed by atoms with Gasteiger partial charge in [-0.2, -0.15) is 0 Å². The number of piperidine rings is 1. The number of amides is 2. The van der Waals surface area contributed by atoms with Crippen molar-refractivity contribution in [3.05, 3.63) is 89.3 Å². The zero-order valence-electron chi connectivity index (χ0n) is 22.4. The van der Waals surface area contributed by atoms with Crippen LogP contribution in [-0.4, -0.2) is 51.0 Å². The summed E-state index contributed by atoms with van der Waals surface area (Å²) in [7, 11) is 0. The van der Waals surface area contributed by atoms with Gasteiger partial charge >= 0.3 is 0 Å². The Labute approximate surface area is 229 Å². The second kappa shape index (κ2) is 11.0. The van der Waals surface area contributed by atoms with Gasteiger partial charge in [0.15, 0.2) is 0 Å². The molecule has 1 aromatic heterocycles. The summed E-state index contributed by atoms with van der Waals surface area (Å²) in [6, 6.07) is 21.1. The van der Waals surface area contributed by atoms with Gasteiger partial charge in [-0.1, -0.05) is 85.1 Å². The molecule has 0 unspecified atom stereocenters. The van der Waals surface area contributed by atoms with Gasteiger partial charge in [-0.25, -0.2) is 0 Å². The molecule has 204 valence electrons. The molecule has 2 aromatic carbocycles. The first-order chi connectivity index (χ1) is 19.0. The third kappa shape index (κ3) is 5.12. The van der Waals surface area contributed by atoms with E-state index in [0.717, 1.165) is 29.7 Å². The van der Waals surface area contributed by atoms with Crippen LogP contribution in [0.25, 0.3) is 0 Å². The van der Waals surface area contributed by atoms with Crippen molar-refractivity contribution in [3.8, 4) is 0 Å². The van der Waals surface area contributed by atoms with E-state index in [1.165, 1.54) is 19.3 Å². The molecule has 2 aliphatic heterocycles. The maximum atomic E-state index is 14.0. The number of hydrogen-bond donors (Lipinski definition) is 1. The number of benzene rings is 2. The summed E-state index contributed by atoms with van der Waals surface area (Å²) in [5.41, 5.74) is 2.17. The minimum atomic E-state index is -0.773. The highest BCUT2D eigenvalue weighted by Gasteiger charge is 2.54. The topological polar surface area (TPSA) is 86.9 Å². The number of aromatic nitrogens is 1. The zero-order chi connectivity index (χ0) is 26.8. The molecule has 3 heterocycles. The Morgan fingerprint density at radius 1 is 1.00 bits per heavy atom. The Morgan fingerprint density at radius 2 is 1.67 bits per heavy atom. The predicted molar refractivity (Wildman–Crippen MR) is 147 cm³/mol. The summed E-state index contributed by atoms with van der Waals surface area (Å²) in [5.74, 6) is 0.616. The number of carbonyl (C=O) groups is 2. The van der Waals surface area contributed by atoms with Crippen LogP contribution in [0.15, 0.2) is 71.3 Å². The van der Waals surface area contributed by atoms with E-state index in [2.05, 4.69) is 5.16 Å². The maximum absolute atomic E-state index is 14.0. The molecule has 3 fully saturated rings. The molecule has 1 aliphatic carbocycles. The lowest BCUT2D eigenvalue weighted by Crippen LogP contribution is -2.46. The summed E-state index contributed by atoms with van der Waals surface area (Å²) in [4.78, 5) is 31.0. The van der Waals surface area contributed by atoms with Gasteiger partial charge < -0.3 is 19.4 Å². The quantitative estimate of drug-likeness (QED) is 0.459. The fourth-order valence-electron chi connectivity index (χ4n) is 6.87. The monoisotopic (exact) mass is 527 g/mol. The fraction of sp³-hybridized carbons (Fsp3) is 0.469. The molecule has 2 amide bonds. The van der Waals surface area contributed by atoms with Gasteiger partial charge in [0.05, 0.1) is 23.3 Å². The van der Waals surface area contributed by atoms with Crippen molar-refractivity contribution >= 4 is 11.8 Å². The van der Waals surface area contributed by atoms with E-state index in [1.54, 1.807) is 4.90 Å². The largest absolute Gasteiger partial charge is 0.386 e. The van der Waals surface area contributed by atoms with Gasteiger partial charge in [0.25, 0.3) is 5.91 Å². The highest BCUT2D eigenvalue weighted by Crippen LogP contribution is 2.48. The van der Waals surface area contributed by atoms with Crippen molar-refractivity contribution in [1.82, 2.24) is 15.0 Å². The van der Waals surface area contributed by atoms with Crippen LogP contribution in [0.4, 0.5) is 0 Å². The maximum Gasteiger partial charge on any atom is 0.292 e. The standard InChI is InChI=1S/C32H37N3O4/c36-29(25-14-8-3-9-15-25)27-21-32(31(38)35(27)22-23-10-4-1-5-11-23)16-18-34(19-17-32)30(37)28-20-26(33-39-28)24-12-6-2-7-13-24/h1,3-5,8-11,14-15,20,24,27,29,36H,2,6-7,12-13,16-19,21-22H2/t27-,29+/m0/s1. The number of aliphatic hydroxyl groups excluding tert-OH is 1. The van der Waals surface area contributed by atoms with Crippen LogP contribution in [0.5, 0.6) is 0 Å². The number of likely N-dealkylation sites (tertiary alicyclic amines) is 2. The summed E-state index contributed by atoms with van der Waals surface area (Å²) in [5, 5.41) is 15.7. The highest BCUT2D eigenvalue weighted by molar-refractivity contribution is 5.92. The molecule has 2 saturated heterocycles. The summed E-state index contributed by atoms with van der Waals surface area (Å²) >= 11 is 0. The van der Waals surface area contributed by atoms with E-state index in [0.29, 0.717) is 50.6 Å². The smallest absolute Gasteiger partial charge is 0.292 e. The van der Waals surface area contributed by atoms with Crippen LogP contribution in [0.2, 0.25) is 0 Å². The Kier molecular flexibility index (Phi) is 7.26. The van der Waals surface area contributed by atoms with Crippen LogP contribution >= 0.6 is 0 Å². The normalized spacial score (nSPS) is 22.4. The molecule has 39 heavy (non-hydrogen) atoms. The number of hydrogen-bond acceptors (Lipinski definition) is 5. The highest BCUT2D eigenvalue weighted by atomic mass is 16.5. The molecule has 1 N–H and O–H groups in total. The van der Waals surface area contributed by atoms with E-state index >= 15 is 0 Å².